The third kappa shape index (κ3) is 10.6. The fourth-order valence-corrected chi connectivity index (χ4v) is 2.03. The number of hydrogen-bond acceptors (Lipinski definition) is 4. The number of nitrogens with zero attached hydrogens (tertiary/aromatic N) is 1. The lowest BCUT2D eigenvalue weighted by atomic mass is 10.1. The highest BCUT2D eigenvalue weighted by atomic mass is 32.2. The molecule has 0 radical (unpaired) electrons. The molecule has 2 N–H and O–H groups in total. The van der Waals surface area contributed by atoms with E-state index in [1.54, 1.807) is 18.7 Å². The molecule has 0 fully saturated rings. The van der Waals surface area contributed by atoms with Crippen LogP contribution >= 0.6 is 11.8 Å². The standard InChI is InChI=1S/C12H26N2O2S/c1-11(2,3)17-7-10(15)13-8-12(4,16)9-14(5)6/h16H,7-9H2,1-6H3,(H,13,15). The normalized spacial score (nSPS) is 15.8. The summed E-state index contributed by atoms with van der Waals surface area (Å²) in [5.41, 5.74) is -0.883. The number of likely N-dealkylation sites (N-methyl/N-ethyl adjacent to an activating group) is 1. The zero-order valence-electron chi connectivity index (χ0n) is 11.8. The number of nitrogens with one attached hydrogen (secondary N) is 1. The van der Waals surface area contributed by atoms with Crippen molar-refractivity contribution in [3.63, 3.8) is 0 Å². The predicted octanol–water partition coefficient (Wildman–Crippen LogP) is 0.947. The van der Waals surface area contributed by atoms with E-state index < -0.39 is 5.60 Å². The summed E-state index contributed by atoms with van der Waals surface area (Å²) in [6, 6.07) is 0. The maximum Gasteiger partial charge on any atom is 0.230 e. The van der Waals surface area contributed by atoms with Crippen molar-refractivity contribution in [1.29, 1.82) is 0 Å². The molecule has 4 nitrogen and oxygen atoms in total. The van der Waals surface area contributed by atoms with Gasteiger partial charge in [0.15, 0.2) is 0 Å². The molecule has 0 aromatic heterocycles. The SMILES string of the molecule is CN(C)CC(C)(O)CNC(=O)CSC(C)(C)C. The summed E-state index contributed by atoms with van der Waals surface area (Å²) in [5.74, 6) is 0.408. The van der Waals surface area contributed by atoms with Gasteiger partial charge in [0.2, 0.25) is 5.91 Å². The van der Waals surface area contributed by atoms with E-state index in [0.29, 0.717) is 12.3 Å². The zero-order chi connectivity index (χ0) is 13.7. The first-order chi connectivity index (χ1) is 7.52. The maximum absolute atomic E-state index is 11.6. The molecule has 0 spiro atoms. The Morgan fingerprint density at radius 1 is 1.29 bits per heavy atom. The third-order valence-corrected chi connectivity index (χ3v) is 3.23. The molecule has 17 heavy (non-hydrogen) atoms. The number of carbonyl (C=O) groups is 1. The van der Waals surface area contributed by atoms with Gasteiger partial charge >= 0.3 is 0 Å². The van der Waals surface area contributed by atoms with Crippen LogP contribution in [0.2, 0.25) is 0 Å². The molecule has 0 saturated heterocycles. The van der Waals surface area contributed by atoms with Crippen LogP contribution in [0, 0.1) is 0 Å². The van der Waals surface area contributed by atoms with Crippen LogP contribution in [0.3, 0.4) is 0 Å². The fraction of sp³-hybridized carbons (Fsp3) is 0.917. The van der Waals surface area contributed by atoms with Crippen molar-refractivity contribution in [3.8, 4) is 0 Å². The Balaban J connectivity index is 3.91. The second-order valence-corrected chi connectivity index (χ2v) is 7.71. The highest BCUT2D eigenvalue weighted by Crippen LogP contribution is 2.22. The van der Waals surface area contributed by atoms with Crippen LogP contribution in [0.5, 0.6) is 0 Å². The highest BCUT2D eigenvalue weighted by molar-refractivity contribution is 8.01. The van der Waals surface area contributed by atoms with E-state index in [1.807, 2.05) is 19.0 Å². The summed E-state index contributed by atoms with van der Waals surface area (Å²) in [6.45, 7) is 8.77. The average molecular weight is 262 g/mol. The molecule has 0 aliphatic carbocycles. The van der Waals surface area contributed by atoms with Crippen LogP contribution in [0.4, 0.5) is 0 Å². The van der Waals surface area contributed by atoms with Gasteiger partial charge in [0.25, 0.3) is 0 Å². The van der Waals surface area contributed by atoms with Gasteiger partial charge in [-0.15, -0.1) is 11.8 Å². The monoisotopic (exact) mass is 262 g/mol. The molecule has 0 rings (SSSR count). The number of hydrogen-bond donors (Lipinski definition) is 2. The maximum atomic E-state index is 11.6. The van der Waals surface area contributed by atoms with Gasteiger partial charge in [-0.2, -0.15) is 0 Å². The van der Waals surface area contributed by atoms with E-state index in [4.69, 9.17) is 0 Å². The van der Waals surface area contributed by atoms with Crippen molar-refractivity contribution in [2.45, 2.75) is 38.0 Å². The van der Waals surface area contributed by atoms with Crippen LogP contribution < -0.4 is 5.32 Å². The van der Waals surface area contributed by atoms with E-state index >= 15 is 0 Å². The molecule has 0 aliphatic heterocycles. The Hall–Kier alpha value is -0.260. The molecule has 1 amide bonds. The molecule has 0 aromatic rings. The van der Waals surface area contributed by atoms with E-state index in [2.05, 4.69) is 26.1 Å². The van der Waals surface area contributed by atoms with Crippen molar-refractivity contribution in [2.75, 3.05) is 32.9 Å². The van der Waals surface area contributed by atoms with Crippen molar-refractivity contribution >= 4 is 17.7 Å². The minimum Gasteiger partial charge on any atom is -0.387 e. The molecule has 5 heteroatoms. The molecule has 0 bridgehead atoms. The van der Waals surface area contributed by atoms with Gasteiger partial charge in [0.05, 0.1) is 11.4 Å². The van der Waals surface area contributed by atoms with Gasteiger partial charge in [0.1, 0.15) is 0 Å². The lowest BCUT2D eigenvalue weighted by Gasteiger charge is -2.27. The highest BCUT2D eigenvalue weighted by Gasteiger charge is 2.22. The summed E-state index contributed by atoms with van der Waals surface area (Å²) in [4.78, 5) is 13.5. The first kappa shape index (κ1) is 16.7. The summed E-state index contributed by atoms with van der Waals surface area (Å²) in [7, 11) is 3.79. The molecule has 0 aromatic carbocycles. The van der Waals surface area contributed by atoms with E-state index in [9.17, 15) is 9.90 Å². The Labute approximate surface area is 109 Å². The molecule has 0 heterocycles. The Kier molecular flexibility index (Phi) is 6.51. The van der Waals surface area contributed by atoms with Crippen molar-refractivity contribution in [3.05, 3.63) is 0 Å². The average Bonchev–Trinajstić information content (AvgIpc) is 2.08. The van der Waals surface area contributed by atoms with E-state index in [1.165, 1.54) is 0 Å². The molecular formula is C12H26N2O2S. The van der Waals surface area contributed by atoms with Gasteiger partial charge in [-0.05, 0) is 21.0 Å². The molecular weight excluding hydrogens is 236 g/mol. The number of aliphatic hydroxyl groups is 1. The minimum absolute atomic E-state index is 0.0241. The second kappa shape index (κ2) is 6.61. The van der Waals surface area contributed by atoms with Crippen molar-refractivity contribution in [2.24, 2.45) is 0 Å². The number of amides is 1. The van der Waals surface area contributed by atoms with Crippen LogP contribution in [0.1, 0.15) is 27.7 Å². The van der Waals surface area contributed by atoms with Crippen LogP contribution in [0.25, 0.3) is 0 Å². The summed E-state index contributed by atoms with van der Waals surface area (Å²) >= 11 is 1.60. The zero-order valence-corrected chi connectivity index (χ0v) is 12.6. The van der Waals surface area contributed by atoms with Gasteiger partial charge in [-0.3, -0.25) is 4.79 Å². The van der Waals surface area contributed by atoms with Crippen LogP contribution in [0.15, 0.2) is 0 Å². The Morgan fingerprint density at radius 2 is 1.82 bits per heavy atom. The minimum atomic E-state index is -0.883. The summed E-state index contributed by atoms with van der Waals surface area (Å²) < 4.78 is 0.0868. The van der Waals surface area contributed by atoms with E-state index in [-0.39, 0.29) is 17.2 Å². The number of carbonyl (C=O) groups excluding carboxylic acids is 1. The molecule has 0 aliphatic rings. The van der Waals surface area contributed by atoms with E-state index in [0.717, 1.165) is 0 Å². The molecule has 1 unspecified atom stereocenters. The largest absolute Gasteiger partial charge is 0.387 e. The Morgan fingerprint density at radius 3 is 2.24 bits per heavy atom. The number of thioether (sulfide) groups is 1. The summed E-state index contributed by atoms with van der Waals surface area (Å²) in [5, 5.41) is 12.8. The smallest absolute Gasteiger partial charge is 0.230 e. The van der Waals surface area contributed by atoms with Crippen molar-refractivity contribution in [1.82, 2.24) is 10.2 Å². The van der Waals surface area contributed by atoms with Gasteiger partial charge in [-0.1, -0.05) is 20.8 Å². The topological polar surface area (TPSA) is 52.6 Å². The molecule has 1 atom stereocenters. The van der Waals surface area contributed by atoms with Crippen LogP contribution in [-0.2, 0) is 4.79 Å². The summed E-state index contributed by atoms with van der Waals surface area (Å²) in [6.07, 6.45) is 0. The fourth-order valence-electron chi connectivity index (χ4n) is 1.36. The van der Waals surface area contributed by atoms with Gasteiger partial charge in [-0.25, -0.2) is 0 Å². The molecule has 0 saturated carbocycles. The number of rotatable bonds is 6. The molecule has 102 valence electrons. The Bertz CT molecular complexity index is 247. The lowest BCUT2D eigenvalue weighted by molar-refractivity contribution is -0.119. The quantitative estimate of drug-likeness (QED) is 0.748. The van der Waals surface area contributed by atoms with Crippen LogP contribution in [-0.4, -0.2) is 59.2 Å². The second-order valence-electron chi connectivity index (χ2n) is 5.91. The first-order valence-electron chi connectivity index (χ1n) is 5.80. The van der Waals surface area contributed by atoms with Gasteiger partial charge in [0, 0.05) is 17.8 Å². The third-order valence-electron chi connectivity index (χ3n) is 1.96. The first-order valence-corrected chi connectivity index (χ1v) is 6.78. The van der Waals surface area contributed by atoms with Gasteiger partial charge < -0.3 is 15.3 Å². The van der Waals surface area contributed by atoms with Crippen molar-refractivity contribution < 1.29 is 9.90 Å². The lowest BCUT2D eigenvalue weighted by Crippen LogP contribution is -2.47. The predicted molar refractivity (Wildman–Crippen MR) is 74.4 cm³/mol.